The molecular weight excluding hydrogens is 171 g/mol. The second-order valence-corrected chi connectivity index (χ2v) is 10.1. The monoisotopic (exact) mass is 183 g/mol. The molecule has 2 heteroatoms. The molecule has 0 saturated carbocycles. The molecule has 5 heavy (non-hydrogen) atoms. The van der Waals surface area contributed by atoms with E-state index < -0.39 is 19.8 Å². The van der Waals surface area contributed by atoms with Crippen LogP contribution in [0.5, 0.6) is 0 Å². The normalized spacial score (nSPS) is 7.20. The Hall–Kier alpha value is 0.759. The van der Waals surface area contributed by atoms with E-state index in [0.29, 0.717) is 0 Å². The van der Waals surface area contributed by atoms with Crippen LogP contribution >= 0.6 is 0 Å². The van der Waals surface area contributed by atoms with Crippen molar-refractivity contribution in [2.24, 2.45) is 0 Å². The molecule has 0 bridgehead atoms. The van der Waals surface area contributed by atoms with Crippen molar-refractivity contribution in [3.63, 3.8) is 0 Å². The van der Waals surface area contributed by atoms with Crippen LogP contribution in [0, 0.1) is 0 Å². The number of hydrogen-bond acceptors (Lipinski definition) is 0. The fraction of sp³-hybridized carbons (Fsp3) is 1.00. The zero-order chi connectivity index (χ0) is 3.58. The molecule has 2 N–H and O–H groups in total. The summed E-state index contributed by atoms with van der Waals surface area (Å²) in [5, 5.41) is 0. The van der Waals surface area contributed by atoms with Crippen LogP contribution in [-0.2, 0) is 0 Å². The van der Waals surface area contributed by atoms with Gasteiger partial charge in [-0.3, -0.25) is 0 Å². The molecule has 0 aliphatic heterocycles. The summed E-state index contributed by atoms with van der Waals surface area (Å²) >= 11 is -0.543. The van der Waals surface area contributed by atoms with Crippen molar-refractivity contribution < 1.29 is 5.48 Å². The third-order valence-corrected chi connectivity index (χ3v) is 0. The van der Waals surface area contributed by atoms with E-state index in [1.165, 1.54) is 0 Å². The number of hydrogen-bond donors (Lipinski definition) is 0. The molecule has 0 amide bonds. The van der Waals surface area contributed by atoms with Crippen LogP contribution in [0.1, 0.15) is 0 Å². The third kappa shape index (κ3) is 62.9. The molecule has 0 aliphatic rings. The van der Waals surface area contributed by atoms with Gasteiger partial charge in [-0.15, -0.1) is 0 Å². The Balaban J connectivity index is 0. The van der Waals surface area contributed by atoms with Crippen molar-refractivity contribution in [2.75, 3.05) is 0 Å². The summed E-state index contributed by atoms with van der Waals surface area (Å²) in [6, 6.07) is 0. The predicted octanol–water partition coefficient (Wildman–Crippen LogP) is 0.546. The fourth-order valence-corrected chi connectivity index (χ4v) is 0. The zero-order valence-electron chi connectivity index (χ0n) is 4.00. The summed E-state index contributed by atoms with van der Waals surface area (Å²) in [5.74, 6) is 0. The molecule has 0 aromatic carbocycles. The molecule has 0 spiro atoms. The van der Waals surface area contributed by atoms with E-state index in [2.05, 4.69) is 14.8 Å². The minimum atomic E-state index is -0.543. The minimum absolute atomic E-state index is 0. The quantitative estimate of drug-likeness (QED) is 0.489. The second kappa shape index (κ2) is 4.76. The van der Waals surface area contributed by atoms with Gasteiger partial charge >= 0.3 is 34.6 Å². The Bertz CT molecular complexity index is 11.6. The van der Waals surface area contributed by atoms with Crippen molar-refractivity contribution in [1.82, 2.24) is 0 Å². The maximum absolute atomic E-state index is 2.36. The maximum atomic E-state index is 2.36. The molecule has 0 fully saturated rings. The van der Waals surface area contributed by atoms with Gasteiger partial charge < -0.3 is 5.48 Å². The van der Waals surface area contributed by atoms with Crippen LogP contribution in [0.2, 0.25) is 14.8 Å². The van der Waals surface area contributed by atoms with Crippen LogP contribution in [-0.4, -0.2) is 25.2 Å². The molecule has 0 unspecified atom stereocenters. The summed E-state index contributed by atoms with van der Waals surface area (Å²) in [6.07, 6.45) is 0. The van der Waals surface area contributed by atoms with Gasteiger partial charge in [0.05, 0.1) is 0 Å². The van der Waals surface area contributed by atoms with E-state index in [1.54, 1.807) is 0 Å². The van der Waals surface area contributed by atoms with E-state index in [4.69, 9.17) is 0 Å². The first-order valence-corrected chi connectivity index (χ1v) is 10.1. The van der Waals surface area contributed by atoms with Crippen LogP contribution in [0.15, 0.2) is 0 Å². The zero-order valence-corrected chi connectivity index (χ0v) is 6.85. The molecule has 0 aromatic rings. The van der Waals surface area contributed by atoms with Crippen LogP contribution in [0.25, 0.3) is 0 Å². The van der Waals surface area contributed by atoms with Gasteiger partial charge in [0.2, 0.25) is 0 Å². The van der Waals surface area contributed by atoms with E-state index in [9.17, 15) is 0 Å². The first-order chi connectivity index (χ1) is 1.73. The van der Waals surface area contributed by atoms with Crippen molar-refractivity contribution in [3.8, 4) is 0 Å². The van der Waals surface area contributed by atoms with Gasteiger partial charge in [-0.05, 0) is 0 Å². The molecule has 0 heterocycles. The Morgan fingerprint density at radius 2 is 1.00 bits per heavy atom. The molecule has 0 saturated heterocycles. The number of rotatable bonds is 0. The van der Waals surface area contributed by atoms with Crippen LogP contribution in [0.3, 0.4) is 0 Å². The summed E-state index contributed by atoms with van der Waals surface area (Å²) < 4.78 is 0. The SMILES string of the molecule is O.[CH3][Sn]([CH3])[CH3]. The van der Waals surface area contributed by atoms with Gasteiger partial charge in [-0.25, -0.2) is 0 Å². The average Bonchev–Trinajstić information content (AvgIpc) is 0.811. The van der Waals surface area contributed by atoms with Gasteiger partial charge in [-0.2, -0.15) is 0 Å². The molecule has 1 nitrogen and oxygen atoms in total. The first kappa shape index (κ1) is 9.23. The first-order valence-electron chi connectivity index (χ1n) is 1.50. The van der Waals surface area contributed by atoms with E-state index >= 15 is 0 Å². The Morgan fingerprint density at radius 1 is 1.00 bits per heavy atom. The van der Waals surface area contributed by atoms with Gasteiger partial charge in [0, 0.05) is 0 Å². The average molecular weight is 182 g/mol. The molecule has 0 rings (SSSR count). The topological polar surface area (TPSA) is 31.5 Å². The Morgan fingerprint density at radius 3 is 1.00 bits per heavy atom. The van der Waals surface area contributed by atoms with E-state index in [1.807, 2.05) is 0 Å². The van der Waals surface area contributed by atoms with Crippen LogP contribution in [0.4, 0.5) is 0 Å². The molecule has 0 atom stereocenters. The van der Waals surface area contributed by atoms with Crippen molar-refractivity contribution in [3.05, 3.63) is 0 Å². The fourth-order valence-electron chi connectivity index (χ4n) is 0. The molecular formula is C3H11OSn. The van der Waals surface area contributed by atoms with Gasteiger partial charge in [0.25, 0.3) is 0 Å². The Kier molecular flexibility index (Phi) is 8.79. The summed E-state index contributed by atoms with van der Waals surface area (Å²) in [5.41, 5.74) is 0. The van der Waals surface area contributed by atoms with Crippen molar-refractivity contribution >= 4 is 19.8 Å². The molecule has 0 aromatic heterocycles. The van der Waals surface area contributed by atoms with Gasteiger partial charge in [0.15, 0.2) is 0 Å². The molecule has 1 radical (unpaired) electrons. The van der Waals surface area contributed by atoms with Crippen molar-refractivity contribution in [1.29, 1.82) is 0 Å². The Labute approximate surface area is 40.4 Å². The summed E-state index contributed by atoms with van der Waals surface area (Å²) in [7, 11) is 0. The third-order valence-electron chi connectivity index (χ3n) is 0. The summed E-state index contributed by atoms with van der Waals surface area (Å²) in [4.78, 5) is 7.09. The van der Waals surface area contributed by atoms with Gasteiger partial charge in [-0.1, -0.05) is 0 Å². The second-order valence-electron chi connectivity index (χ2n) is 1.50. The van der Waals surface area contributed by atoms with Gasteiger partial charge in [0.1, 0.15) is 0 Å². The standard InChI is InChI=1S/3CH3.H2O.Sn/h3*1H3;1H2;. The molecule has 33 valence electrons. The van der Waals surface area contributed by atoms with E-state index in [0.717, 1.165) is 0 Å². The van der Waals surface area contributed by atoms with Crippen LogP contribution < -0.4 is 0 Å². The van der Waals surface area contributed by atoms with E-state index in [-0.39, 0.29) is 5.48 Å². The molecule has 0 aliphatic carbocycles. The summed E-state index contributed by atoms with van der Waals surface area (Å²) in [6.45, 7) is 0. The predicted molar refractivity (Wildman–Crippen MR) is 27.0 cm³/mol. The van der Waals surface area contributed by atoms with Crippen molar-refractivity contribution in [2.45, 2.75) is 14.8 Å².